The molecular weight excluding hydrogens is 394 g/mol. The molecule has 0 bridgehead atoms. The molecular formula is C24H25N3O4. The highest BCUT2D eigenvalue weighted by Gasteiger charge is 2.29. The van der Waals surface area contributed by atoms with Crippen LogP contribution < -0.4 is 11.1 Å². The van der Waals surface area contributed by atoms with Gasteiger partial charge in [-0.1, -0.05) is 48.5 Å². The molecule has 0 saturated heterocycles. The highest BCUT2D eigenvalue weighted by atomic mass is 16.5. The Bertz CT molecular complexity index is 1060. The summed E-state index contributed by atoms with van der Waals surface area (Å²) in [6.45, 7) is 1.74. The van der Waals surface area contributed by atoms with Crippen LogP contribution in [0.4, 0.5) is 10.5 Å². The van der Waals surface area contributed by atoms with Gasteiger partial charge in [-0.2, -0.15) is 0 Å². The Morgan fingerprint density at radius 3 is 2.35 bits per heavy atom. The summed E-state index contributed by atoms with van der Waals surface area (Å²) in [4.78, 5) is 16.3. The number of nitrogens with one attached hydrogen (secondary N) is 1. The van der Waals surface area contributed by atoms with Gasteiger partial charge in [0.25, 0.3) is 0 Å². The van der Waals surface area contributed by atoms with E-state index in [2.05, 4.69) is 22.4 Å². The number of aromatic nitrogens is 1. The first kappa shape index (κ1) is 20.8. The van der Waals surface area contributed by atoms with Gasteiger partial charge in [0.15, 0.2) is 0 Å². The first-order valence-electron chi connectivity index (χ1n) is 10.1. The second kappa shape index (κ2) is 8.75. The van der Waals surface area contributed by atoms with Crippen molar-refractivity contribution in [2.45, 2.75) is 25.0 Å². The lowest BCUT2D eigenvalue weighted by Crippen LogP contribution is -2.36. The van der Waals surface area contributed by atoms with Crippen molar-refractivity contribution in [1.82, 2.24) is 10.3 Å². The number of hydrogen-bond acceptors (Lipinski definition) is 6. The summed E-state index contributed by atoms with van der Waals surface area (Å²) in [7, 11) is 0. The molecule has 3 aromatic rings. The minimum atomic E-state index is -1.26. The Labute approximate surface area is 180 Å². The van der Waals surface area contributed by atoms with E-state index in [1.54, 1.807) is 13.0 Å². The molecule has 7 nitrogen and oxygen atoms in total. The number of pyridine rings is 1. The zero-order valence-corrected chi connectivity index (χ0v) is 17.2. The number of rotatable bonds is 6. The monoisotopic (exact) mass is 419 g/mol. The normalized spacial score (nSPS) is 14.4. The summed E-state index contributed by atoms with van der Waals surface area (Å²) in [6, 6.07) is 17.8. The molecule has 0 radical (unpaired) electrons. The number of ether oxygens (including phenoxy) is 1. The predicted octanol–water partition coefficient (Wildman–Crippen LogP) is 2.91. The number of carbonyl (C=O) groups excluding carboxylic acids is 1. The van der Waals surface area contributed by atoms with E-state index in [1.807, 2.05) is 36.4 Å². The number of fused-ring (bicyclic) bond motifs is 3. The summed E-state index contributed by atoms with van der Waals surface area (Å²) in [6.07, 6.45) is -1.74. The fraction of sp³-hybridized carbons (Fsp3) is 0.250. The van der Waals surface area contributed by atoms with Crippen molar-refractivity contribution < 1.29 is 19.7 Å². The molecule has 5 N–H and O–H groups in total. The van der Waals surface area contributed by atoms with Crippen LogP contribution in [0.5, 0.6) is 0 Å². The minimum Gasteiger partial charge on any atom is -0.449 e. The van der Waals surface area contributed by atoms with Gasteiger partial charge in [-0.3, -0.25) is 4.98 Å². The maximum atomic E-state index is 12.2. The third kappa shape index (κ3) is 4.23. The number of alkyl carbamates (subject to hydrolysis) is 1. The fourth-order valence-corrected chi connectivity index (χ4v) is 4.05. The molecule has 1 aliphatic rings. The van der Waals surface area contributed by atoms with E-state index in [0.717, 1.165) is 22.3 Å². The van der Waals surface area contributed by atoms with Gasteiger partial charge >= 0.3 is 6.09 Å². The molecule has 2 unspecified atom stereocenters. The number of nitrogens with zero attached hydrogens (tertiary/aromatic N) is 1. The van der Waals surface area contributed by atoms with Crippen molar-refractivity contribution >= 4 is 11.8 Å². The molecule has 2 aromatic carbocycles. The van der Waals surface area contributed by atoms with Gasteiger partial charge in [0, 0.05) is 12.5 Å². The van der Waals surface area contributed by atoms with E-state index in [0.29, 0.717) is 16.9 Å². The van der Waals surface area contributed by atoms with Crippen LogP contribution in [0.25, 0.3) is 11.1 Å². The average molecular weight is 419 g/mol. The minimum absolute atomic E-state index is 0.0460. The summed E-state index contributed by atoms with van der Waals surface area (Å²) >= 11 is 0. The molecule has 0 aliphatic heterocycles. The van der Waals surface area contributed by atoms with E-state index in [-0.39, 0.29) is 19.1 Å². The molecule has 0 spiro atoms. The molecule has 4 rings (SSSR count). The van der Waals surface area contributed by atoms with Gasteiger partial charge in [-0.05, 0) is 40.8 Å². The lowest BCUT2D eigenvalue weighted by Gasteiger charge is -2.20. The van der Waals surface area contributed by atoms with Crippen molar-refractivity contribution in [2.24, 2.45) is 0 Å². The molecule has 7 heteroatoms. The first-order chi connectivity index (χ1) is 15.0. The van der Waals surface area contributed by atoms with Crippen LogP contribution in [0.15, 0.2) is 60.8 Å². The topological polar surface area (TPSA) is 118 Å². The lowest BCUT2D eigenvalue weighted by atomic mass is 9.98. The van der Waals surface area contributed by atoms with Crippen molar-refractivity contribution in [3.05, 3.63) is 83.2 Å². The van der Waals surface area contributed by atoms with Crippen LogP contribution in [0, 0.1) is 6.92 Å². The van der Waals surface area contributed by atoms with Crippen molar-refractivity contribution in [1.29, 1.82) is 0 Å². The van der Waals surface area contributed by atoms with Gasteiger partial charge in [-0.25, -0.2) is 4.79 Å². The summed E-state index contributed by atoms with van der Waals surface area (Å²) in [5.41, 5.74) is 11.7. The number of aliphatic hydroxyl groups is 2. The average Bonchev–Trinajstić information content (AvgIpc) is 3.09. The third-order valence-electron chi connectivity index (χ3n) is 5.58. The summed E-state index contributed by atoms with van der Waals surface area (Å²) in [5, 5.41) is 23.1. The van der Waals surface area contributed by atoms with Crippen LogP contribution in [-0.4, -0.2) is 40.5 Å². The van der Waals surface area contributed by atoms with E-state index < -0.39 is 18.3 Å². The molecule has 31 heavy (non-hydrogen) atoms. The number of aryl methyl sites for hydroxylation is 1. The Kier molecular flexibility index (Phi) is 5.88. The first-order valence-corrected chi connectivity index (χ1v) is 10.1. The van der Waals surface area contributed by atoms with Crippen molar-refractivity contribution in [3.63, 3.8) is 0 Å². The van der Waals surface area contributed by atoms with E-state index in [9.17, 15) is 15.0 Å². The van der Waals surface area contributed by atoms with Crippen molar-refractivity contribution in [3.8, 4) is 11.1 Å². The Morgan fingerprint density at radius 2 is 1.74 bits per heavy atom. The number of carbonyl (C=O) groups is 1. The van der Waals surface area contributed by atoms with Gasteiger partial charge in [0.1, 0.15) is 18.8 Å². The zero-order chi connectivity index (χ0) is 22.0. The Balaban J connectivity index is 1.35. The summed E-state index contributed by atoms with van der Waals surface area (Å²) in [5.74, 6) is -0.0460. The highest BCUT2D eigenvalue weighted by Crippen LogP contribution is 2.44. The molecule has 1 aromatic heterocycles. The quantitative estimate of drug-likeness (QED) is 0.488. The second-order valence-corrected chi connectivity index (χ2v) is 7.69. The molecule has 160 valence electrons. The zero-order valence-electron chi connectivity index (χ0n) is 17.2. The molecule has 1 amide bonds. The van der Waals surface area contributed by atoms with E-state index in [1.165, 1.54) is 6.20 Å². The standard InChI is InChI=1S/C24H25N3O4/c1-14-10-15(25)11-26-22(14)23(29)21(28)12-27-24(30)31-13-20-18-8-4-2-6-16(18)17-7-3-5-9-19(17)20/h2-11,20-21,23,28-29H,12-13,25H2,1H3,(H,27,30). The molecule has 1 aliphatic carbocycles. The van der Waals surface area contributed by atoms with Crippen LogP contribution in [0.1, 0.15) is 34.4 Å². The smallest absolute Gasteiger partial charge is 0.407 e. The van der Waals surface area contributed by atoms with Gasteiger partial charge in [0.05, 0.1) is 17.6 Å². The van der Waals surface area contributed by atoms with Gasteiger partial charge in [0.2, 0.25) is 0 Å². The number of hydrogen-bond donors (Lipinski definition) is 4. The third-order valence-corrected chi connectivity index (χ3v) is 5.58. The summed E-state index contributed by atoms with van der Waals surface area (Å²) < 4.78 is 5.44. The lowest BCUT2D eigenvalue weighted by molar-refractivity contribution is 0.0157. The maximum absolute atomic E-state index is 12.2. The number of benzene rings is 2. The maximum Gasteiger partial charge on any atom is 0.407 e. The van der Waals surface area contributed by atoms with Crippen molar-refractivity contribution in [2.75, 3.05) is 18.9 Å². The molecule has 0 saturated carbocycles. The van der Waals surface area contributed by atoms with Crippen LogP contribution >= 0.6 is 0 Å². The number of aliphatic hydroxyl groups excluding tert-OH is 2. The number of anilines is 1. The number of amides is 1. The molecule has 0 fully saturated rings. The highest BCUT2D eigenvalue weighted by molar-refractivity contribution is 5.79. The van der Waals surface area contributed by atoms with Crippen LogP contribution in [0.2, 0.25) is 0 Å². The second-order valence-electron chi connectivity index (χ2n) is 7.69. The Morgan fingerprint density at radius 1 is 1.13 bits per heavy atom. The molecule has 2 atom stereocenters. The van der Waals surface area contributed by atoms with Gasteiger partial charge < -0.3 is 26.0 Å². The van der Waals surface area contributed by atoms with Crippen LogP contribution in [0.3, 0.4) is 0 Å². The van der Waals surface area contributed by atoms with Gasteiger partial charge in [-0.15, -0.1) is 0 Å². The van der Waals surface area contributed by atoms with E-state index in [4.69, 9.17) is 10.5 Å². The Hall–Kier alpha value is -3.42. The number of nitrogens with two attached hydrogens (primary N) is 1. The number of nitrogen functional groups attached to an aromatic ring is 1. The fourth-order valence-electron chi connectivity index (χ4n) is 4.05. The predicted molar refractivity (Wildman–Crippen MR) is 117 cm³/mol. The van der Waals surface area contributed by atoms with E-state index >= 15 is 0 Å². The SMILES string of the molecule is Cc1cc(N)cnc1C(O)C(O)CNC(=O)OCC1c2ccccc2-c2ccccc21. The largest absolute Gasteiger partial charge is 0.449 e. The molecule has 1 heterocycles. The van der Waals surface area contributed by atoms with Crippen LogP contribution in [-0.2, 0) is 4.74 Å².